The molecule has 0 bridgehead atoms. The summed E-state index contributed by atoms with van der Waals surface area (Å²) in [4.78, 5) is 39.7. The van der Waals surface area contributed by atoms with Crippen LogP contribution in [0.5, 0.6) is 5.75 Å². The number of hydrogen-bond acceptors (Lipinski definition) is 6. The van der Waals surface area contributed by atoms with E-state index in [1.54, 1.807) is 0 Å². The largest absolute Gasteiger partial charge is 0.493 e. The second kappa shape index (κ2) is 10.7. The van der Waals surface area contributed by atoms with Gasteiger partial charge in [0.15, 0.2) is 11.4 Å². The van der Waals surface area contributed by atoms with Crippen LogP contribution in [0.1, 0.15) is 64.4 Å². The number of fused-ring (bicyclic) bond motifs is 3. The first-order valence-electron chi connectivity index (χ1n) is 12.8. The van der Waals surface area contributed by atoms with Gasteiger partial charge in [0, 0.05) is 42.2 Å². The van der Waals surface area contributed by atoms with Gasteiger partial charge in [-0.05, 0) is 75.3 Å². The summed E-state index contributed by atoms with van der Waals surface area (Å²) in [7, 11) is 0. The third-order valence-electron chi connectivity index (χ3n) is 7.29. The number of amides is 1. The average Bonchev–Trinajstić information content (AvgIpc) is 3.39. The van der Waals surface area contributed by atoms with Gasteiger partial charge in [0.1, 0.15) is 11.3 Å². The van der Waals surface area contributed by atoms with Crippen LogP contribution < -0.4 is 15.7 Å². The van der Waals surface area contributed by atoms with Gasteiger partial charge in [-0.25, -0.2) is 4.79 Å². The molecule has 1 saturated heterocycles. The van der Waals surface area contributed by atoms with E-state index in [0.29, 0.717) is 29.1 Å². The Morgan fingerprint density at radius 2 is 1.81 bits per heavy atom. The Hall–Kier alpha value is -3.45. The minimum Gasteiger partial charge on any atom is -0.493 e. The zero-order valence-corrected chi connectivity index (χ0v) is 20.7. The van der Waals surface area contributed by atoms with Crippen molar-refractivity contribution in [1.82, 2.24) is 10.2 Å². The summed E-state index contributed by atoms with van der Waals surface area (Å²) >= 11 is 0. The molecule has 2 heterocycles. The lowest BCUT2D eigenvalue weighted by Gasteiger charge is -2.32. The molecule has 188 valence electrons. The highest BCUT2D eigenvalue weighted by Gasteiger charge is 2.24. The smallest absolute Gasteiger partial charge is 0.339 e. The highest BCUT2D eigenvalue weighted by atomic mass is 16.5. The number of aryl methyl sites for hydroxylation is 1. The van der Waals surface area contributed by atoms with Crippen molar-refractivity contribution in [3.8, 4) is 5.75 Å². The summed E-state index contributed by atoms with van der Waals surface area (Å²) in [6, 6.07) is 13.3. The zero-order chi connectivity index (χ0) is 25.1. The monoisotopic (exact) mass is 488 g/mol. The standard InChI is InChI=1S/C29H32N2O5/c1-19(32)26-25(12-11-23-22-9-5-10-24(22)29(34)36-27(23)26)35-18-6-15-31-16-13-21(14-17-31)30-28(33)20-7-3-2-4-8-20/h2-4,7-8,11-12,21H,5-6,9-10,13-18H2,1H3,(H,30,33). The molecule has 0 saturated carbocycles. The molecular formula is C29H32N2O5. The summed E-state index contributed by atoms with van der Waals surface area (Å²) in [5, 5.41) is 3.99. The molecule has 2 aromatic carbocycles. The Bertz CT molecular complexity index is 1320. The van der Waals surface area contributed by atoms with E-state index in [2.05, 4.69) is 10.2 Å². The molecule has 0 atom stereocenters. The number of ether oxygens (including phenoxy) is 1. The number of hydrogen-bond donors (Lipinski definition) is 1. The van der Waals surface area contributed by atoms with Gasteiger partial charge in [-0.2, -0.15) is 0 Å². The van der Waals surface area contributed by atoms with Gasteiger partial charge in [0.2, 0.25) is 0 Å². The first-order valence-corrected chi connectivity index (χ1v) is 12.8. The van der Waals surface area contributed by atoms with Crippen LogP contribution in [0, 0.1) is 0 Å². The van der Waals surface area contributed by atoms with Crippen molar-refractivity contribution >= 4 is 22.7 Å². The van der Waals surface area contributed by atoms with E-state index in [-0.39, 0.29) is 23.4 Å². The first-order chi connectivity index (χ1) is 17.5. The van der Waals surface area contributed by atoms with E-state index in [9.17, 15) is 14.4 Å². The normalized spacial score (nSPS) is 16.1. The fourth-order valence-electron chi connectivity index (χ4n) is 5.41. The Morgan fingerprint density at radius 1 is 1.06 bits per heavy atom. The van der Waals surface area contributed by atoms with Gasteiger partial charge >= 0.3 is 5.63 Å². The van der Waals surface area contributed by atoms with Crippen molar-refractivity contribution in [3.63, 3.8) is 0 Å². The molecular weight excluding hydrogens is 456 g/mol. The summed E-state index contributed by atoms with van der Waals surface area (Å²) in [6.45, 7) is 4.67. The first kappa shape index (κ1) is 24.3. The van der Waals surface area contributed by atoms with Crippen LogP contribution in [0.25, 0.3) is 11.0 Å². The highest BCUT2D eigenvalue weighted by Crippen LogP contribution is 2.34. The maximum absolute atomic E-state index is 12.5. The number of carbonyl (C=O) groups excluding carboxylic acids is 2. The molecule has 1 aliphatic heterocycles. The summed E-state index contributed by atoms with van der Waals surface area (Å²) in [5.74, 6) is 0.287. The van der Waals surface area contributed by atoms with Crippen molar-refractivity contribution in [2.45, 2.75) is 51.5 Å². The third-order valence-corrected chi connectivity index (χ3v) is 7.29. The number of Topliss-reactive ketones (excluding diaryl/α,β-unsaturated/α-hetero) is 1. The third kappa shape index (κ3) is 5.07. The van der Waals surface area contributed by atoms with Crippen molar-refractivity contribution in [2.75, 3.05) is 26.2 Å². The lowest BCUT2D eigenvalue weighted by atomic mass is 10.0. The quantitative estimate of drug-likeness (QED) is 0.291. The van der Waals surface area contributed by atoms with Crippen LogP contribution in [0.15, 0.2) is 51.7 Å². The number of ketones is 1. The van der Waals surface area contributed by atoms with E-state index in [1.165, 1.54) is 6.92 Å². The molecule has 1 amide bonds. The molecule has 36 heavy (non-hydrogen) atoms. The SMILES string of the molecule is CC(=O)c1c(OCCCN2CCC(NC(=O)c3ccccc3)CC2)ccc2c3c(c(=O)oc12)CCC3. The van der Waals surface area contributed by atoms with E-state index in [0.717, 1.165) is 74.7 Å². The molecule has 2 aliphatic rings. The number of carbonyl (C=O) groups is 2. The van der Waals surface area contributed by atoms with Crippen molar-refractivity contribution in [1.29, 1.82) is 0 Å². The Balaban J connectivity index is 1.14. The van der Waals surface area contributed by atoms with Crippen LogP contribution in [-0.4, -0.2) is 48.9 Å². The number of piperidine rings is 1. The maximum atomic E-state index is 12.5. The van der Waals surface area contributed by atoms with Crippen LogP contribution in [0.3, 0.4) is 0 Å². The number of nitrogens with one attached hydrogen (secondary N) is 1. The Labute approximate surface area is 210 Å². The molecule has 0 unspecified atom stereocenters. The van der Waals surface area contributed by atoms with E-state index < -0.39 is 0 Å². The maximum Gasteiger partial charge on any atom is 0.339 e. The van der Waals surface area contributed by atoms with Crippen LogP contribution in [0.4, 0.5) is 0 Å². The summed E-state index contributed by atoms with van der Waals surface area (Å²) in [6.07, 6.45) is 5.15. The Kier molecular flexibility index (Phi) is 7.18. The molecule has 1 aromatic heterocycles. The van der Waals surface area contributed by atoms with Crippen molar-refractivity contribution in [2.24, 2.45) is 0 Å². The van der Waals surface area contributed by atoms with Gasteiger partial charge in [0.25, 0.3) is 5.91 Å². The molecule has 1 fully saturated rings. The fraction of sp³-hybridized carbons (Fsp3) is 0.414. The van der Waals surface area contributed by atoms with Gasteiger partial charge in [0.05, 0.1) is 6.61 Å². The fourth-order valence-corrected chi connectivity index (χ4v) is 5.41. The van der Waals surface area contributed by atoms with Crippen molar-refractivity contribution < 1.29 is 18.7 Å². The number of benzene rings is 2. The van der Waals surface area contributed by atoms with Crippen LogP contribution >= 0.6 is 0 Å². The van der Waals surface area contributed by atoms with Crippen molar-refractivity contribution in [3.05, 3.63) is 75.1 Å². The average molecular weight is 489 g/mol. The summed E-state index contributed by atoms with van der Waals surface area (Å²) < 4.78 is 11.6. The predicted molar refractivity (Wildman–Crippen MR) is 138 cm³/mol. The zero-order valence-electron chi connectivity index (χ0n) is 20.7. The molecule has 1 N–H and O–H groups in total. The van der Waals surface area contributed by atoms with Gasteiger partial charge in [-0.3, -0.25) is 9.59 Å². The lowest BCUT2D eigenvalue weighted by Crippen LogP contribution is -2.45. The number of nitrogens with zero attached hydrogens (tertiary/aromatic N) is 1. The second-order valence-corrected chi connectivity index (χ2v) is 9.73. The minimum atomic E-state index is -0.335. The highest BCUT2D eigenvalue weighted by molar-refractivity contribution is 6.08. The van der Waals surface area contributed by atoms with E-state index >= 15 is 0 Å². The molecule has 7 nitrogen and oxygen atoms in total. The molecule has 5 rings (SSSR count). The molecule has 0 spiro atoms. The molecule has 0 radical (unpaired) electrons. The minimum absolute atomic E-state index is 0.0140. The lowest BCUT2D eigenvalue weighted by molar-refractivity contribution is 0.0909. The van der Waals surface area contributed by atoms with E-state index in [1.807, 2.05) is 42.5 Å². The van der Waals surface area contributed by atoms with Gasteiger partial charge < -0.3 is 19.4 Å². The van der Waals surface area contributed by atoms with Crippen LogP contribution in [-0.2, 0) is 12.8 Å². The molecule has 3 aromatic rings. The predicted octanol–water partition coefficient (Wildman–Crippen LogP) is 4.15. The van der Waals surface area contributed by atoms with E-state index in [4.69, 9.17) is 9.15 Å². The molecule has 1 aliphatic carbocycles. The van der Waals surface area contributed by atoms with Gasteiger partial charge in [-0.1, -0.05) is 18.2 Å². The summed E-state index contributed by atoms with van der Waals surface area (Å²) in [5.41, 5.74) is 2.82. The van der Waals surface area contributed by atoms with Gasteiger partial charge in [-0.15, -0.1) is 0 Å². The second-order valence-electron chi connectivity index (χ2n) is 9.73. The molecule has 7 heteroatoms. The Morgan fingerprint density at radius 3 is 2.56 bits per heavy atom. The van der Waals surface area contributed by atoms with Crippen LogP contribution in [0.2, 0.25) is 0 Å². The topological polar surface area (TPSA) is 88.9 Å². The number of likely N-dealkylation sites (tertiary alicyclic amines) is 1. The number of rotatable bonds is 8.